The molecule has 0 bridgehead atoms. The van der Waals surface area contributed by atoms with E-state index in [1.807, 2.05) is 54.6 Å². The Morgan fingerprint density at radius 3 is 2.42 bits per heavy atom. The van der Waals surface area contributed by atoms with E-state index >= 15 is 0 Å². The zero-order chi connectivity index (χ0) is 22.8. The van der Waals surface area contributed by atoms with Gasteiger partial charge < -0.3 is 5.32 Å². The van der Waals surface area contributed by atoms with Crippen LogP contribution in [0.3, 0.4) is 0 Å². The molecule has 0 aliphatic carbocycles. The summed E-state index contributed by atoms with van der Waals surface area (Å²) in [7, 11) is -3.61. The Hall–Kier alpha value is -3.56. The van der Waals surface area contributed by atoms with Crippen LogP contribution in [0, 0.1) is 5.92 Å². The molecule has 1 aliphatic rings. The summed E-state index contributed by atoms with van der Waals surface area (Å²) in [5.74, 6) is -0.387. The predicted molar refractivity (Wildman–Crippen MR) is 125 cm³/mol. The second-order valence-electron chi connectivity index (χ2n) is 8.03. The van der Waals surface area contributed by atoms with Crippen molar-refractivity contribution in [2.75, 3.05) is 18.4 Å². The van der Waals surface area contributed by atoms with Crippen LogP contribution in [0.25, 0.3) is 16.5 Å². The van der Waals surface area contributed by atoms with Crippen molar-refractivity contribution >= 4 is 32.4 Å². The van der Waals surface area contributed by atoms with Crippen molar-refractivity contribution in [3.05, 3.63) is 79.4 Å². The van der Waals surface area contributed by atoms with Crippen molar-refractivity contribution in [3.63, 3.8) is 0 Å². The Morgan fingerprint density at radius 2 is 1.67 bits per heavy atom. The maximum atomic E-state index is 13.2. The molecule has 4 aromatic rings. The van der Waals surface area contributed by atoms with E-state index in [2.05, 4.69) is 15.4 Å². The van der Waals surface area contributed by atoms with Crippen LogP contribution in [0.2, 0.25) is 0 Å². The van der Waals surface area contributed by atoms with Crippen LogP contribution in [-0.2, 0) is 14.8 Å². The molecule has 1 aliphatic heterocycles. The van der Waals surface area contributed by atoms with Gasteiger partial charge in [-0.1, -0.05) is 42.5 Å². The zero-order valence-corrected chi connectivity index (χ0v) is 18.6. The van der Waals surface area contributed by atoms with E-state index in [1.165, 1.54) is 10.6 Å². The van der Waals surface area contributed by atoms with E-state index in [9.17, 15) is 13.2 Å². The van der Waals surface area contributed by atoms with E-state index in [1.54, 1.807) is 23.1 Å². The first-order valence-corrected chi connectivity index (χ1v) is 12.2. The molecule has 0 unspecified atom stereocenters. The number of carbonyl (C=O) groups is 1. The smallest absolute Gasteiger partial charge is 0.243 e. The molecule has 1 N–H and O–H groups in total. The van der Waals surface area contributed by atoms with E-state index in [-0.39, 0.29) is 16.7 Å². The standard InChI is InChI=1S/C24H23N5O3S/c30-24(27-22-7-3-4-8-23(22)29-17-25-16-26-29)19-11-13-28(14-12-19)33(31,32)21-10-9-18-5-1-2-6-20(18)15-21/h1-10,15-17,19H,11-14H2,(H,27,30). The van der Waals surface area contributed by atoms with Gasteiger partial charge in [-0.05, 0) is 47.9 Å². The summed E-state index contributed by atoms with van der Waals surface area (Å²) >= 11 is 0. The fourth-order valence-electron chi connectivity index (χ4n) is 4.18. The summed E-state index contributed by atoms with van der Waals surface area (Å²) in [4.78, 5) is 17.2. The molecule has 0 saturated carbocycles. The minimum Gasteiger partial charge on any atom is -0.324 e. The monoisotopic (exact) mass is 461 g/mol. The summed E-state index contributed by atoms with van der Waals surface area (Å²) in [6, 6.07) is 20.2. The van der Waals surface area contributed by atoms with Gasteiger partial charge in [-0.3, -0.25) is 4.79 Å². The fraction of sp³-hybridized carbons (Fsp3) is 0.208. The molecule has 0 atom stereocenters. The number of nitrogens with one attached hydrogen (secondary N) is 1. The van der Waals surface area contributed by atoms with E-state index in [0.29, 0.717) is 31.6 Å². The molecular formula is C24H23N5O3S. The Morgan fingerprint density at radius 1 is 0.939 bits per heavy atom. The minimum atomic E-state index is -3.61. The van der Waals surface area contributed by atoms with Gasteiger partial charge in [-0.2, -0.15) is 9.40 Å². The number of hydrogen-bond acceptors (Lipinski definition) is 5. The Bertz CT molecular complexity index is 1390. The summed E-state index contributed by atoms with van der Waals surface area (Å²) in [6.07, 6.45) is 3.93. The lowest BCUT2D eigenvalue weighted by Gasteiger charge is -2.30. The van der Waals surface area contributed by atoms with Gasteiger partial charge in [0.25, 0.3) is 0 Å². The number of carbonyl (C=O) groups excluding carboxylic acids is 1. The third kappa shape index (κ3) is 4.24. The SMILES string of the molecule is O=C(Nc1ccccc1-n1cncn1)C1CCN(S(=O)(=O)c2ccc3ccccc3c2)CC1. The Balaban J connectivity index is 1.27. The number of rotatable bonds is 5. The van der Waals surface area contributed by atoms with Crippen LogP contribution < -0.4 is 5.32 Å². The lowest BCUT2D eigenvalue weighted by atomic mass is 9.97. The molecule has 8 nitrogen and oxygen atoms in total. The van der Waals surface area contributed by atoms with E-state index in [4.69, 9.17) is 0 Å². The topological polar surface area (TPSA) is 97.2 Å². The summed E-state index contributed by atoms with van der Waals surface area (Å²) in [5, 5.41) is 9.00. The maximum Gasteiger partial charge on any atom is 0.243 e. The van der Waals surface area contributed by atoms with Crippen molar-refractivity contribution in [1.29, 1.82) is 0 Å². The van der Waals surface area contributed by atoms with Crippen LogP contribution in [0.4, 0.5) is 5.69 Å². The molecule has 1 aromatic heterocycles. The quantitative estimate of drug-likeness (QED) is 0.491. The largest absolute Gasteiger partial charge is 0.324 e. The number of benzene rings is 3. The van der Waals surface area contributed by atoms with Crippen LogP contribution in [0.1, 0.15) is 12.8 Å². The first-order valence-electron chi connectivity index (χ1n) is 10.8. The Labute approximate surface area is 191 Å². The summed E-state index contributed by atoms with van der Waals surface area (Å²) in [6.45, 7) is 0.607. The van der Waals surface area contributed by atoms with Crippen molar-refractivity contribution in [2.45, 2.75) is 17.7 Å². The van der Waals surface area contributed by atoms with Gasteiger partial charge in [0.1, 0.15) is 12.7 Å². The number of anilines is 1. The van der Waals surface area contributed by atoms with E-state index < -0.39 is 10.0 Å². The van der Waals surface area contributed by atoms with Crippen molar-refractivity contribution < 1.29 is 13.2 Å². The van der Waals surface area contributed by atoms with Gasteiger partial charge in [0.15, 0.2) is 0 Å². The number of amides is 1. The summed E-state index contributed by atoms with van der Waals surface area (Å²) in [5.41, 5.74) is 1.36. The summed E-state index contributed by atoms with van der Waals surface area (Å²) < 4.78 is 29.4. The molecule has 1 saturated heterocycles. The highest BCUT2D eigenvalue weighted by atomic mass is 32.2. The third-order valence-electron chi connectivity index (χ3n) is 6.01. The average molecular weight is 462 g/mol. The molecule has 3 aromatic carbocycles. The van der Waals surface area contributed by atoms with Gasteiger partial charge in [0.05, 0.1) is 16.3 Å². The van der Waals surface area contributed by atoms with Crippen molar-refractivity contribution in [3.8, 4) is 5.69 Å². The molecule has 5 rings (SSSR count). The van der Waals surface area contributed by atoms with Gasteiger partial charge in [-0.15, -0.1) is 0 Å². The van der Waals surface area contributed by atoms with Crippen molar-refractivity contribution in [1.82, 2.24) is 19.1 Å². The average Bonchev–Trinajstić information content (AvgIpc) is 3.39. The Kier molecular flexibility index (Phi) is 5.65. The number of fused-ring (bicyclic) bond motifs is 1. The molecular weight excluding hydrogens is 438 g/mol. The van der Waals surface area contributed by atoms with Gasteiger partial charge in [0, 0.05) is 19.0 Å². The van der Waals surface area contributed by atoms with Crippen LogP contribution in [0.15, 0.2) is 84.3 Å². The molecule has 1 amide bonds. The second-order valence-corrected chi connectivity index (χ2v) is 9.97. The minimum absolute atomic E-state index is 0.120. The van der Waals surface area contributed by atoms with Gasteiger partial charge >= 0.3 is 0 Å². The molecule has 0 radical (unpaired) electrons. The lowest BCUT2D eigenvalue weighted by Crippen LogP contribution is -2.41. The number of hydrogen-bond donors (Lipinski definition) is 1. The van der Waals surface area contributed by atoms with Crippen LogP contribution in [-0.4, -0.2) is 46.5 Å². The molecule has 168 valence electrons. The number of aromatic nitrogens is 3. The van der Waals surface area contributed by atoms with Crippen LogP contribution in [0.5, 0.6) is 0 Å². The predicted octanol–water partition coefficient (Wildman–Crippen LogP) is 3.46. The second kappa shape index (κ2) is 8.76. The number of nitrogens with zero attached hydrogens (tertiary/aromatic N) is 4. The first-order chi connectivity index (χ1) is 16.0. The van der Waals surface area contributed by atoms with Crippen LogP contribution >= 0.6 is 0 Å². The highest BCUT2D eigenvalue weighted by Crippen LogP contribution is 2.27. The fourth-order valence-corrected chi connectivity index (χ4v) is 5.69. The van der Waals surface area contributed by atoms with Gasteiger partial charge in [0.2, 0.25) is 15.9 Å². The molecule has 0 spiro atoms. The van der Waals surface area contributed by atoms with E-state index in [0.717, 1.165) is 16.5 Å². The molecule has 2 heterocycles. The zero-order valence-electron chi connectivity index (χ0n) is 17.8. The first kappa shape index (κ1) is 21.3. The lowest BCUT2D eigenvalue weighted by molar-refractivity contribution is -0.120. The van der Waals surface area contributed by atoms with Crippen molar-refractivity contribution in [2.24, 2.45) is 5.92 Å². The maximum absolute atomic E-state index is 13.2. The number of para-hydroxylation sites is 2. The van der Waals surface area contributed by atoms with Gasteiger partial charge in [-0.25, -0.2) is 18.1 Å². The normalized spacial score (nSPS) is 15.5. The molecule has 9 heteroatoms. The number of piperidine rings is 1. The highest BCUT2D eigenvalue weighted by Gasteiger charge is 2.32. The molecule has 1 fully saturated rings. The third-order valence-corrected chi connectivity index (χ3v) is 7.91. The highest BCUT2D eigenvalue weighted by molar-refractivity contribution is 7.89. The molecule has 33 heavy (non-hydrogen) atoms. The number of sulfonamides is 1.